The number of halogens is 2. The standard InChI is InChI=1S/C16H17ClFNO2/c1-20-9-8-19-11-12-2-5-14(6-3-12)21-16-7-4-13(18)10-15(16)17/h2-7,10,19H,8-9,11H2,1H3. The van der Waals surface area contributed by atoms with Gasteiger partial charge in [-0.1, -0.05) is 23.7 Å². The van der Waals surface area contributed by atoms with E-state index in [0.717, 1.165) is 18.7 Å². The Morgan fingerprint density at radius 2 is 1.90 bits per heavy atom. The second kappa shape index (κ2) is 7.98. The second-order valence-corrected chi connectivity index (χ2v) is 4.90. The van der Waals surface area contributed by atoms with E-state index in [-0.39, 0.29) is 10.8 Å². The third-order valence-electron chi connectivity index (χ3n) is 2.86. The molecule has 0 atom stereocenters. The summed E-state index contributed by atoms with van der Waals surface area (Å²) in [7, 11) is 1.67. The average Bonchev–Trinajstić information content (AvgIpc) is 2.48. The van der Waals surface area contributed by atoms with Crippen LogP contribution in [-0.2, 0) is 11.3 Å². The van der Waals surface area contributed by atoms with E-state index in [1.165, 1.54) is 18.2 Å². The summed E-state index contributed by atoms with van der Waals surface area (Å²) in [4.78, 5) is 0. The van der Waals surface area contributed by atoms with Crippen LogP contribution in [-0.4, -0.2) is 20.3 Å². The fourth-order valence-electron chi connectivity index (χ4n) is 1.77. The van der Waals surface area contributed by atoms with Crippen molar-refractivity contribution >= 4 is 11.6 Å². The Morgan fingerprint density at radius 3 is 2.57 bits per heavy atom. The van der Waals surface area contributed by atoms with Gasteiger partial charge >= 0.3 is 0 Å². The zero-order valence-corrected chi connectivity index (χ0v) is 12.5. The Labute approximate surface area is 128 Å². The molecule has 0 bridgehead atoms. The van der Waals surface area contributed by atoms with E-state index in [0.29, 0.717) is 18.1 Å². The highest BCUT2D eigenvalue weighted by Crippen LogP contribution is 2.29. The van der Waals surface area contributed by atoms with Gasteiger partial charge in [-0.25, -0.2) is 4.39 Å². The molecule has 112 valence electrons. The van der Waals surface area contributed by atoms with E-state index in [2.05, 4.69) is 5.32 Å². The quantitative estimate of drug-likeness (QED) is 0.784. The maximum atomic E-state index is 13.0. The SMILES string of the molecule is COCCNCc1ccc(Oc2ccc(F)cc2Cl)cc1. The molecule has 0 unspecified atom stereocenters. The van der Waals surface area contributed by atoms with E-state index >= 15 is 0 Å². The van der Waals surface area contributed by atoms with Gasteiger partial charge in [0.1, 0.15) is 17.3 Å². The number of nitrogens with one attached hydrogen (secondary N) is 1. The van der Waals surface area contributed by atoms with Crippen LogP contribution in [0.25, 0.3) is 0 Å². The maximum absolute atomic E-state index is 13.0. The summed E-state index contributed by atoms with van der Waals surface area (Å²) in [5.41, 5.74) is 1.14. The molecule has 2 aromatic rings. The predicted octanol–water partition coefficient (Wildman–Crippen LogP) is 4.01. The molecule has 0 fully saturated rings. The summed E-state index contributed by atoms with van der Waals surface area (Å²) in [6, 6.07) is 11.7. The topological polar surface area (TPSA) is 30.5 Å². The van der Waals surface area contributed by atoms with Gasteiger partial charge in [0.15, 0.2) is 0 Å². The third kappa shape index (κ3) is 5.01. The average molecular weight is 310 g/mol. The van der Waals surface area contributed by atoms with Crippen LogP contribution in [0.1, 0.15) is 5.56 Å². The molecule has 0 saturated heterocycles. The first-order valence-corrected chi connectivity index (χ1v) is 6.98. The van der Waals surface area contributed by atoms with Gasteiger partial charge in [0, 0.05) is 20.2 Å². The first-order chi connectivity index (χ1) is 10.2. The van der Waals surface area contributed by atoms with Gasteiger partial charge in [-0.05, 0) is 35.9 Å². The molecule has 0 heterocycles. The van der Waals surface area contributed by atoms with Crippen molar-refractivity contribution in [1.29, 1.82) is 0 Å². The van der Waals surface area contributed by atoms with Crippen molar-refractivity contribution in [3.63, 3.8) is 0 Å². The van der Waals surface area contributed by atoms with E-state index in [9.17, 15) is 4.39 Å². The summed E-state index contributed by atoms with van der Waals surface area (Å²) in [5.74, 6) is 0.706. The number of rotatable bonds is 7. The number of ether oxygens (including phenoxy) is 2. The van der Waals surface area contributed by atoms with E-state index < -0.39 is 0 Å². The normalized spacial score (nSPS) is 10.6. The lowest BCUT2D eigenvalue weighted by atomic mass is 10.2. The largest absolute Gasteiger partial charge is 0.456 e. The van der Waals surface area contributed by atoms with Crippen molar-refractivity contribution in [2.75, 3.05) is 20.3 Å². The highest BCUT2D eigenvalue weighted by Gasteiger charge is 2.04. The van der Waals surface area contributed by atoms with Gasteiger partial charge in [-0.15, -0.1) is 0 Å². The summed E-state index contributed by atoms with van der Waals surface area (Å²) >= 11 is 5.92. The summed E-state index contributed by atoms with van der Waals surface area (Å²) in [6.07, 6.45) is 0. The molecule has 0 aliphatic rings. The van der Waals surface area contributed by atoms with Crippen LogP contribution in [0.4, 0.5) is 4.39 Å². The van der Waals surface area contributed by atoms with Gasteiger partial charge in [0.05, 0.1) is 11.6 Å². The first-order valence-electron chi connectivity index (χ1n) is 6.60. The fraction of sp³-hybridized carbons (Fsp3) is 0.250. The molecule has 21 heavy (non-hydrogen) atoms. The van der Waals surface area contributed by atoms with Gasteiger partial charge in [0.2, 0.25) is 0 Å². The molecule has 3 nitrogen and oxygen atoms in total. The highest BCUT2D eigenvalue weighted by molar-refractivity contribution is 6.32. The lowest BCUT2D eigenvalue weighted by Crippen LogP contribution is -2.18. The van der Waals surface area contributed by atoms with Crippen LogP contribution in [0.3, 0.4) is 0 Å². The summed E-state index contributed by atoms with van der Waals surface area (Å²) in [6.45, 7) is 2.26. The molecule has 5 heteroatoms. The Kier molecular flexibility index (Phi) is 5.99. The Bertz CT molecular complexity index is 575. The Morgan fingerprint density at radius 1 is 1.14 bits per heavy atom. The van der Waals surface area contributed by atoms with Crippen LogP contribution in [0.5, 0.6) is 11.5 Å². The first kappa shape index (κ1) is 15.8. The zero-order chi connectivity index (χ0) is 15.1. The molecule has 0 amide bonds. The minimum atomic E-state index is -0.384. The molecule has 0 aliphatic carbocycles. The maximum Gasteiger partial charge on any atom is 0.146 e. The number of hydrogen-bond donors (Lipinski definition) is 1. The van der Waals surface area contributed by atoms with Gasteiger partial charge in [-0.2, -0.15) is 0 Å². The van der Waals surface area contributed by atoms with Crippen LogP contribution in [0.2, 0.25) is 5.02 Å². The summed E-state index contributed by atoms with van der Waals surface area (Å²) < 4.78 is 23.5. The van der Waals surface area contributed by atoms with Crippen LogP contribution >= 0.6 is 11.6 Å². The second-order valence-electron chi connectivity index (χ2n) is 4.49. The van der Waals surface area contributed by atoms with E-state index in [1.54, 1.807) is 7.11 Å². The predicted molar refractivity (Wildman–Crippen MR) is 81.5 cm³/mol. The molecular formula is C16H17ClFNO2. The van der Waals surface area contributed by atoms with E-state index in [1.807, 2.05) is 24.3 Å². The number of methoxy groups -OCH3 is 1. The lowest BCUT2D eigenvalue weighted by Gasteiger charge is -2.09. The minimum absolute atomic E-state index is 0.250. The zero-order valence-electron chi connectivity index (χ0n) is 11.7. The molecule has 0 radical (unpaired) electrons. The number of hydrogen-bond acceptors (Lipinski definition) is 3. The van der Waals surface area contributed by atoms with Crippen LogP contribution < -0.4 is 10.1 Å². The Balaban J connectivity index is 1.92. The van der Waals surface area contributed by atoms with Crippen molar-refractivity contribution in [3.8, 4) is 11.5 Å². The third-order valence-corrected chi connectivity index (χ3v) is 3.15. The van der Waals surface area contributed by atoms with Crippen molar-refractivity contribution in [1.82, 2.24) is 5.32 Å². The smallest absolute Gasteiger partial charge is 0.146 e. The molecule has 0 aliphatic heterocycles. The molecule has 2 rings (SSSR count). The molecular weight excluding hydrogens is 293 g/mol. The lowest BCUT2D eigenvalue weighted by molar-refractivity contribution is 0.199. The Hall–Kier alpha value is -1.62. The molecule has 0 spiro atoms. The van der Waals surface area contributed by atoms with Crippen molar-refractivity contribution in [2.45, 2.75) is 6.54 Å². The fourth-order valence-corrected chi connectivity index (χ4v) is 1.97. The molecule has 0 saturated carbocycles. The highest BCUT2D eigenvalue weighted by atomic mass is 35.5. The van der Waals surface area contributed by atoms with E-state index in [4.69, 9.17) is 21.1 Å². The van der Waals surface area contributed by atoms with Gasteiger partial charge in [0.25, 0.3) is 0 Å². The van der Waals surface area contributed by atoms with Crippen LogP contribution in [0.15, 0.2) is 42.5 Å². The van der Waals surface area contributed by atoms with Crippen molar-refractivity contribution in [2.24, 2.45) is 0 Å². The summed E-state index contributed by atoms with van der Waals surface area (Å²) in [5, 5.41) is 3.51. The minimum Gasteiger partial charge on any atom is -0.456 e. The van der Waals surface area contributed by atoms with Gasteiger partial charge in [-0.3, -0.25) is 0 Å². The van der Waals surface area contributed by atoms with Gasteiger partial charge < -0.3 is 14.8 Å². The molecule has 2 aromatic carbocycles. The monoisotopic (exact) mass is 309 g/mol. The van der Waals surface area contributed by atoms with Crippen molar-refractivity contribution < 1.29 is 13.9 Å². The molecule has 1 N–H and O–H groups in total. The van der Waals surface area contributed by atoms with Crippen molar-refractivity contribution in [3.05, 3.63) is 58.9 Å². The van der Waals surface area contributed by atoms with Crippen LogP contribution in [0, 0.1) is 5.82 Å². The molecule has 0 aromatic heterocycles. The number of benzene rings is 2.